The average Bonchev–Trinajstić information content (AvgIpc) is 2.29. The Balaban J connectivity index is 2.01. The highest BCUT2D eigenvalue weighted by Gasteiger charge is 2.06. The second-order valence-electron chi connectivity index (χ2n) is 3.33. The van der Waals surface area contributed by atoms with E-state index in [1.165, 1.54) is 9.13 Å². The molecule has 0 atom stereocenters. The van der Waals surface area contributed by atoms with Crippen molar-refractivity contribution >= 4 is 28.8 Å². The first-order valence-electron chi connectivity index (χ1n) is 4.97. The molecular formula is C11H13IN2O. The van der Waals surface area contributed by atoms with Crippen LogP contribution in [0.15, 0.2) is 29.4 Å². The van der Waals surface area contributed by atoms with E-state index in [4.69, 9.17) is 4.74 Å². The summed E-state index contributed by atoms with van der Waals surface area (Å²) in [7, 11) is 0. The highest BCUT2D eigenvalue weighted by molar-refractivity contribution is 14.1. The lowest BCUT2D eigenvalue weighted by Gasteiger charge is -2.23. The number of nitrogens with zero attached hydrogens (tertiary/aromatic N) is 2. The van der Waals surface area contributed by atoms with E-state index in [1.54, 1.807) is 0 Å². The Labute approximate surface area is 103 Å². The van der Waals surface area contributed by atoms with E-state index in [-0.39, 0.29) is 0 Å². The largest absolute Gasteiger partial charge is 0.378 e. The third-order valence-corrected chi connectivity index (χ3v) is 3.24. The maximum Gasteiger partial charge on any atom is 0.0659 e. The lowest BCUT2D eigenvalue weighted by Crippen LogP contribution is -2.32. The summed E-state index contributed by atoms with van der Waals surface area (Å²) in [6.07, 6.45) is 1.92. The van der Waals surface area contributed by atoms with E-state index in [1.807, 2.05) is 23.4 Å². The van der Waals surface area contributed by atoms with Crippen LogP contribution in [0.3, 0.4) is 0 Å². The number of halogens is 1. The second kappa shape index (κ2) is 5.46. The Bertz CT molecular complexity index is 348. The second-order valence-corrected chi connectivity index (χ2v) is 4.49. The topological polar surface area (TPSA) is 24.8 Å². The molecule has 4 heteroatoms. The van der Waals surface area contributed by atoms with E-state index >= 15 is 0 Å². The van der Waals surface area contributed by atoms with Gasteiger partial charge in [0.2, 0.25) is 0 Å². The van der Waals surface area contributed by atoms with Crippen LogP contribution in [-0.2, 0) is 4.74 Å². The standard InChI is InChI=1S/C11H13IN2O/c12-11-4-2-1-3-10(11)9-13-14-5-7-15-8-6-14/h1-4,9H,5-8H2. The Morgan fingerprint density at radius 2 is 2.00 bits per heavy atom. The van der Waals surface area contributed by atoms with Crippen molar-refractivity contribution in [1.82, 2.24) is 5.01 Å². The third-order valence-electron chi connectivity index (χ3n) is 2.25. The summed E-state index contributed by atoms with van der Waals surface area (Å²) in [5.41, 5.74) is 1.17. The van der Waals surface area contributed by atoms with Crippen molar-refractivity contribution in [3.05, 3.63) is 33.4 Å². The number of rotatable bonds is 2. The molecule has 15 heavy (non-hydrogen) atoms. The van der Waals surface area contributed by atoms with Crippen molar-refractivity contribution in [2.75, 3.05) is 26.3 Å². The summed E-state index contributed by atoms with van der Waals surface area (Å²) >= 11 is 2.32. The first-order valence-corrected chi connectivity index (χ1v) is 6.05. The minimum Gasteiger partial charge on any atom is -0.378 e. The quantitative estimate of drug-likeness (QED) is 0.615. The van der Waals surface area contributed by atoms with Gasteiger partial charge in [-0.3, -0.25) is 5.01 Å². The number of ether oxygens (including phenoxy) is 1. The van der Waals surface area contributed by atoms with Crippen LogP contribution >= 0.6 is 22.6 Å². The van der Waals surface area contributed by atoms with E-state index < -0.39 is 0 Å². The minimum absolute atomic E-state index is 0.781. The minimum atomic E-state index is 0.781. The van der Waals surface area contributed by atoms with E-state index in [0.29, 0.717) is 0 Å². The summed E-state index contributed by atoms with van der Waals surface area (Å²) in [4.78, 5) is 0. The van der Waals surface area contributed by atoms with Crippen molar-refractivity contribution < 1.29 is 4.74 Å². The van der Waals surface area contributed by atoms with Gasteiger partial charge in [-0.15, -0.1) is 0 Å². The molecule has 0 radical (unpaired) electrons. The monoisotopic (exact) mass is 316 g/mol. The molecule has 1 aromatic rings. The molecule has 1 fully saturated rings. The predicted octanol–water partition coefficient (Wildman–Crippen LogP) is 1.96. The van der Waals surface area contributed by atoms with Gasteiger partial charge in [-0.1, -0.05) is 18.2 Å². The van der Waals surface area contributed by atoms with Gasteiger partial charge in [-0.25, -0.2) is 0 Å². The first-order chi connectivity index (χ1) is 7.36. The Morgan fingerprint density at radius 1 is 1.27 bits per heavy atom. The lowest BCUT2D eigenvalue weighted by molar-refractivity contribution is 0.0397. The molecule has 0 aromatic heterocycles. The maximum atomic E-state index is 5.26. The lowest BCUT2D eigenvalue weighted by atomic mass is 10.2. The molecule has 0 aliphatic carbocycles. The molecule has 1 aliphatic heterocycles. The molecular weight excluding hydrogens is 303 g/mol. The highest BCUT2D eigenvalue weighted by Crippen LogP contribution is 2.09. The third kappa shape index (κ3) is 3.17. The van der Waals surface area contributed by atoms with E-state index in [9.17, 15) is 0 Å². The molecule has 0 unspecified atom stereocenters. The van der Waals surface area contributed by atoms with Gasteiger partial charge in [0, 0.05) is 9.13 Å². The molecule has 0 amide bonds. The van der Waals surface area contributed by atoms with Crippen molar-refractivity contribution in [3.8, 4) is 0 Å². The molecule has 0 bridgehead atoms. The van der Waals surface area contributed by atoms with Crippen molar-refractivity contribution in [2.45, 2.75) is 0 Å². The van der Waals surface area contributed by atoms with E-state index in [0.717, 1.165) is 26.3 Å². The van der Waals surface area contributed by atoms with Gasteiger partial charge in [0.05, 0.1) is 32.5 Å². The Kier molecular flexibility index (Phi) is 3.96. The Hall–Kier alpha value is -0.620. The number of morpholine rings is 1. The van der Waals surface area contributed by atoms with Gasteiger partial charge in [0.15, 0.2) is 0 Å². The van der Waals surface area contributed by atoms with Crippen LogP contribution in [0.25, 0.3) is 0 Å². The molecule has 0 N–H and O–H groups in total. The summed E-state index contributed by atoms with van der Waals surface area (Å²) in [6.45, 7) is 3.34. The molecule has 0 spiro atoms. The zero-order chi connectivity index (χ0) is 10.5. The van der Waals surface area contributed by atoms with Crippen LogP contribution < -0.4 is 0 Å². The van der Waals surface area contributed by atoms with Crippen LogP contribution in [0.1, 0.15) is 5.56 Å². The highest BCUT2D eigenvalue weighted by atomic mass is 127. The van der Waals surface area contributed by atoms with Gasteiger partial charge >= 0.3 is 0 Å². The van der Waals surface area contributed by atoms with Crippen molar-refractivity contribution in [1.29, 1.82) is 0 Å². The fraction of sp³-hybridized carbons (Fsp3) is 0.364. The molecule has 1 aliphatic rings. The number of benzene rings is 1. The molecule has 3 nitrogen and oxygen atoms in total. The number of hydrazone groups is 1. The fourth-order valence-electron chi connectivity index (χ4n) is 1.39. The van der Waals surface area contributed by atoms with Gasteiger partial charge in [-0.05, 0) is 28.7 Å². The normalized spacial score (nSPS) is 17.3. The maximum absolute atomic E-state index is 5.26. The van der Waals surface area contributed by atoms with Crippen LogP contribution in [0, 0.1) is 3.57 Å². The average molecular weight is 316 g/mol. The summed E-state index contributed by atoms with van der Waals surface area (Å²) in [5.74, 6) is 0. The van der Waals surface area contributed by atoms with Gasteiger partial charge < -0.3 is 4.74 Å². The van der Waals surface area contributed by atoms with Crippen molar-refractivity contribution in [2.24, 2.45) is 5.10 Å². The molecule has 2 rings (SSSR count). The van der Waals surface area contributed by atoms with Crippen LogP contribution in [0.5, 0.6) is 0 Å². The SMILES string of the molecule is Ic1ccccc1C=NN1CCOCC1. The predicted molar refractivity (Wildman–Crippen MR) is 69.1 cm³/mol. The summed E-state index contributed by atoms with van der Waals surface area (Å²) in [6, 6.07) is 8.23. The van der Waals surface area contributed by atoms with E-state index in [2.05, 4.69) is 39.8 Å². The number of hydrogen-bond acceptors (Lipinski definition) is 3. The molecule has 1 heterocycles. The first kappa shape index (κ1) is 10.9. The smallest absolute Gasteiger partial charge is 0.0659 e. The van der Waals surface area contributed by atoms with Crippen molar-refractivity contribution in [3.63, 3.8) is 0 Å². The van der Waals surface area contributed by atoms with Crippen LogP contribution in [-0.4, -0.2) is 37.5 Å². The summed E-state index contributed by atoms with van der Waals surface area (Å²) < 4.78 is 6.49. The summed E-state index contributed by atoms with van der Waals surface area (Å²) in [5, 5.41) is 6.49. The van der Waals surface area contributed by atoms with Crippen LogP contribution in [0.4, 0.5) is 0 Å². The zero-order valence-electron chi connectivity index (χ0n) is 8.40. The van der Waals surface area contributed by atoms with Gasteiger partial charge in [0.1, 0.15) is 0 Å². The molecule has 0 saturated carbocycles. The molecule has 1 saturated heterocycles. The zero-order valence-corrected chi connectivity index (χ0v) is 10.6. The molecule has 80 valence electrons. The van der Waals surface area contributed by atoms with Gasteiger partial charge in [0.25, 0.3) is 0 Å². The number of hydrogen-bond donors (Lipinski definition) is 0. The van der Waals surface area contributed by atoms with Gasteiger partial charge in [-0.2, -0.15) is 5.10 Å². The molecule has 1 aromatic carbocycles. The Morgan fingerprint density at radius 3 is 2.73 bits per heavy atom. The van der Waals surface area contributed by atoms with Crippen LogP contribution in [0.2, 0.25) is 0 Å². The fourth-order valence-corrected chi connectivity index (χ4v) is 1.92.